The van der Waals surface area contributed by atoms with Crippen LogP contribution in [0.4, 0.5) is 8.78 Å². The second-order valence-corrected chi connectivity index (χ2v) is 7.57. The van der Waals surface area contributed by atoms with Gasteiger partial charge in [0, 0.05) is 29.5 Å². The van der Waals surface area contributed by atoms with E-state index in [9.17, 15) is 18.4 Å². The Morgan fingerprint density at radius 1 is 1.06 bits per heavy atom. The van der Waals surface area contributed by atoms with Crippen molar-refractivity contribution in [3.05, 3.63) is 81.7 Å². The van der Waals surface area contributed by atoms with Gasteiger partial charge in [-0.1, -0.05) is 0 Å². The number of carbonyl (C=O) groups is 1. The number of hydrogen-bond donors (Lipinski definition) is 0. The number of rotatable bonds is 5. The molecule has 0 bridgehead atoms. The van der Waals surface area contributed by atoms with Crippen molar-refractivity contribution in [2.45, 2.75) is 32.1 Å². The average Bonchev–Trinajstić information content (AvgIpc) is 3.42. The number of esters is 1. The minimum absolute atomic E-state index is 0.0297. The van der Waals surface area contributed by atoms with Crippen LogP contribution in [0.15, 0.2) is 56.2 Å². The van der Waals surface area contributed by atoms with E-state index in [4.69, 9.17) is 13.6 Å². The predicted octanol–water partition coefficient (Wildman–Crippen LogP) is 4.75. The van der Waals surface area contributed by atoms with Gasteiger partial charge in [0.25, 0.3) is 0 Å². The van der Waals surface area contributed by atoms with E-state index in [0.29, 0.717) is 5.58 Å². The van der Waals surface area contributed by atoms with Crippen LogP contribution in [0, 0.1) is 11.6 Å². The molecule has 0 fully saturated rings. The zero-order valence-electron chi connectivity index (χ0n) is 16.8. The highest BCUT2D eigenvalue weighted by Gasteiger charge is 2.20. The van der Waals surface area contributed by atoms with Crippen LogP contribution in [0.1, 0.15) is 29.9 Å². The summed E-state index contributed by atoms with van der Waals surface area (Å²) in [5.74, 6) is -1.35. The van der Waals surface area contributed by atoms with Crippen molar-refractivity contribution in [1.82, 2.24) is 4.98 Å². The summed E-state index contributed by atoms with van der Waals surface area (Å²) in [6, 6.07) is 8.14. The zero-order chi connectivity index (χ0) is 22.2. The molecule has 4 aromatic rings. The standard InChI is InChI=1S/C24H17F2NO5/c25-13-4-6-18(19(26)10-13)21-12-27-22(31-21)8-9-23(28)30-14-5-7-16-15-2-1-3-17(15)24(29)32-20(16)11-14/h4-7,10-12H,1-3,8-9H2. The van der Waals surface area contributed by atoms with Gasteiger partial charge >= 0.3 is 11.6 Å². The van der Waals surface area contributed by atoms with E-state index in [2.05, 4.69) is 4.98 Å². The van der Waals surface area contributed by atoms with Gasteiger partial charge in [0.15, 0.2) is 11.7 Å². The summed E-state index contributed by atoms with van der Waals surface area (Å²) in [6.45, 7) is 0. The Bertz CT molecular complexity index is 1410. The van der Waals surface area contributed by atoms with E-state index < -0.39 is 17.6 Å². The van der Waals surface area contributed by atoms with Crippen molar-refractivity contribution in [3.63, 3.8) is 0 Å². The predicted molar refractivity (Wildman–Crippen MR) is 110 cm³/mol. The van der Waals surface area contributed by atoms with Gasteiger partial charge in [-0.3, -0.25) is 4.79 Å². The Balaban J connectivity index is 1.26. The van der Waals surface area contributed by atoms with E-state index in [1.807, 2.05) is 0 Å². The molecule has 2 heterocycles. The molecule has 5 rings (SSSR count). The highest BCUT2D eigenvalue weighted by atomic mass is 19.1. The highest BCUT2D eigenvalue weighted by molar-refractivity contribution is 5.84. The third-order valence-electron chi connectivity index (χ3n) is 5.47. The van der Waals surface area contributed by atoms with E-state index in [1.54, 1.807) is 12.1 Å². The summed E-state index contributed by atoms with van der Waals surface area (Å²) in [4.78, 5) is 28.4. The fourth-order valence-corrected chi connectivity index (χ4v) is 3.96. The Morgan fingerprint density at radius 3 is 2.75 bits per heavy atom. The fraction of sp³-hybridized carbons (Fsp3) is 0.208. The molecule has 1 aliphatic rings. The van der Waals surface area contributed by atoms with Crippen LogP contribution >= 0.6 is 0 Å². The van der Waals surface area contributed by atoms with E-state index >= 15 is 0 Å². The lowest BCUT2D eigenvalue weighted by molar-refractivity contribution is -0.134. The Morgan fingerprint density at radius 2 is 1.91 bits per heavy atom. The molecule has 0 aliphatic heterocycles. The number of hydrogen-bond acceptors (Lipinski definition) is 6. The molecule has 0 unspecified atom stereocenters. The first-order valence-electron chi connectivity index (χ1n) is 10.2. The van der Waals surface area contributed by atoms with Gasteiger partial charge in [-0.2, -0.15) is 0 Å². The maximum atomic E-state index is 13.9. The number of halogens is 2. The van der Waals surface area contributed by atoms with Crippen molar-refractivity contribution < 1.29 is 27.1 Å². The summed E-state index contributed by atoms with van der Waals surface area (Å²) in [6.07, 6.45) is 3.90. The summed E-state index contributed by atoms with van der Waals surface area (Å²) in [5.41, 5.74) is 1.86. The monoisotopic (exact) mass is 437 g/mol. The minimum Gasteiger partial charge on any atom is -0.441 e. The zero-order valence-corrected chi connectivity index (χ0v) is 16.8. The molecule has 32 heavy (non-hydrogen) atoms. The number of ether oxygens (including phenoxy) is 1. The molecule has 0 radical (unpaired) electrons. The molecule has 2 aromatic heterocycles. The second-order valence-electron chi connectivity index (χ2n) is 7.57. The first-order chi connectivity index (χ1) is 15.5. The molecule has 0 spiro atoms. The number of carbonyl (C=O) groups excluding carboxylic acids is 1. The quantitative estimate of drug-likeness (QED) is 0.255. The summed E-state index contributed by atoms with van der Waals surface area (Å²) >= 11 is 0. The number of aryl methyl sites for hydroxylation is 2. The molecular formula is C24H17F2NO5. The largest absolute Gasteiger partial charge is 0.441 e. The number of fused-ring (bicyclic) bond motifs is 3. The summed E-state index contributed by atoms with van der Waals surface area (Å²) in [5, 5.41) is 0.859. The molecule has 0 amide bonds. The Labute approximate surface area is 180 Å². The Kier molecular flexibility index (Phi) is 5.05. The van der Waals surface area contributed by atoms with Crippen molar-refractivity contribution >= 4 is 16.9 Å². The van der Waals surface area contributed by atoms with E-state index in [0.717, 1.165) is 47.9 Å². The van der Waals surface area contributed by atoms with Crippen LogP contribution in [0.25, 0.3) is 22.3 Å². The minimum atomic E-state index is -0.763. The van der Waals surface area contributed by atoms with Crippen molar-refractivity contribution in [2.75, 3.05) is 0 Å². The molecule has 2 aromatic carbocycles. The number of aromatic nitrogens is 1. The van der Waals surface area contributed by atoms with Gasteiger partial charge in [-0.15, -0.1) is 0 Å². The van der Waals surface area contributed by atoms with Gasteiger partial charge in [-0.05, 0) is 49.1 Å². The van der Waals surface area contributed by atoms with Gasteiger partial charge in [0.05, 0.1) is 18.2 Å². The lowest BCUT2D eigenvalue weighted by Gasteiger charge is -2.07. The van der Waals surface area contributed by atoms with Gasteiger partial charge in [-0.25, -0.2) is 18.6 Å². The smallest absolute Gasteiger partial charge is 0.339 e. The Hall–Kier alpha value is -3.81. The lowest BCUT2D eigenvalue weighted by atomic mass is 10.1. The first-order valence-corrected chi connectivity index (χ1v) is 10.2. The van der Waals surface area contributed by atoms with E-state index in [1.165, 1.54) is 18.3 Å². The van der Waals surface area contributed by atoms with Crippen molar-refractivity contribution in [2.24, 2.45) is 0 Å². The van der Waals surface area contributed by atoms with Gasteiger partial charge < -0.3 is 13.6 Å². The molecule has 0 saturated carbocycles. The third kappa shape index (κ3) is 3.79. The number of oxazole rings is 1. The molecule has 1 aliphatic carbocycles. The lowest BCUT2D eigenvalue weighted by Crippen LogP contribution is -2.10. The van der Waals surface area contributed by atoms with Crippen LogP contribution in [0.5, 0.6) is 5.75 Å². The normalized spacial score (nSPS) is 12.8. The van der Waals surface area contributed by atoms with Crippen molar-refractivity contribution in [1.29, 1.82) is 0 Å². The summed E-state index contributed by atoms with van der Waals surface area (Å²) < 4.78 is 43.2. The fourth-order valence-electron chi connectivity index (χ4n) is 3.96. The second kappa shape index (κ2) is 8.03. The number of benzene rings is 2. The van der Waals surface area contributed by atoms with Crippen LogP contribution < -0.4 is 10.4 Å². The van der Waals surface area contributed by atoms with E-state index in [-0.39, 0.29) is 41.4 Å². The molecule has 6 nitrogen and oxygen atoms in total. The molecule has 0 saturated heterocycles. The van der Waals surface area contributed by atoms with Gasteiger partial charge in [0.1, 0.15) is 23.0 Å². The first kappa shape index (κ1) is 20.1. The van der Waals surface area contributed by atoms with Crippen molar-refractivity contribution in [3.8, 4) is 17.1 Å². The van der Waals surface area contributed by atoms with Gasteiger partial charge in [0.2, 0.25) is 0 Å². The molecule has 0 N–H and O–H groups in total. The summed E-state index contributed by atoms with van der Waals surface area (Å²) in [7, 11) is 0. The van der Waals surface area contributed by atoms with Crippen LogP contribution in [0.3, 0.4) is 0 Å². The molecule has 162 valence electrons. The molecule has 0 atom stereocenters. The van der Waals surface area contributed by atoms with Crippen LogP contribution in [-0.2, 0) is 24.1 Å². The molecular weight excluding hydrogens is 420 g/mol. The molecule has 8 heteroatoms. The average molecular weight is 437 g/mol. The van der Waals surface area contributed by atoms with Crippen LogP contribution in [0.2, 0.25) is 0 Å². The number of nitrogens with zero attached hydrogens (tertiary/aromatic N) is 1. The van der Waals surface area contributed by atoms with Crippen LogP contribution in [-0.4, -0.2) is 11.0 Å². The third-order valence-corrected chi connectivity index (χ3v) is 5.47. The maximum absolute atomic E-state index is 13.9. The highest BCUT2D eigenvalue weighted by Crippen LogP contribution is 2.30. The SMILES string of the molecule is O=C(CCc1ncc(-c2ccc(F)cc2F)o1)Oc1ccc2c3c(c(=O)oc2c1)CCC3. The maximum Gasteiger partial charge on any atom is 0.339 e. The topological polar surface area (TPSA) is 82.5 Å².